The molecule has 4 heteroatoms. The monoisotopic (exact) mass is 282 g/mol. The van der Waals surface area contributed by atoms with E-state index in [0.29, 0.717) is 6.42 Å². The Balaban J connectivity index is 2.05. The minimum Gasteiger partial charge on any atom is -0.388 e. The molecule has 0 radical (unpaired) electrons. The van der Waals surface area contributed by atoms with E-state index in [2.05, 4.69) is 0 Å². The Kier molecular flexibility index (Phi) is 4.31. The number of aliphatic hydroxyl groups excluding tert-OH is 1. The lowest BCUT2D eigenvalue weighted by Gasteiger charge is -2.30. The van der Waals surface area contributed by atoms with Gasteiger partial charge in [0.05, 0.1) is 17.1 Å². The maximum atomic E-state index is 11.8. The first kappa shape index (κ1) is 14.5. The summed E-state index contributed by atoms with van der Waals surface area (Å²) < 4.78 is 23.7. The van der Waals surface area contributed by atoms with Crippen molar-refractivity contribution in [3.8, 4) is 0 Å². The van der Waals surface area contributed by atoms with Gasteiger partial charge in [-0.05, 0) is 50.2 Å². The number of hydrogen-bond acceptors (Lipinski definition) is 3. The van der Waals surface area contributed by atoms with E-state index in [1.54, 1.807) is 13.8 Å². The molecule has 1 aliphatic rings. The van der Waals surface area contributed by atoms with Gasteiger partial charge in [-0.25, -0.2) is 8.42 Å². The highest BCUT2D eigenvalue weighted by molar-refractivity contribution is 7.91. The van der Waals surface area contributed by atoms with Gasteiger partial charge >= 0.3 is 0 Å². The molecule has 0 aromatic heterocycles. The normalized spacial score (nSPS) is 23.4. The Morgan fingerprint density at radius 2 is 2.00 bits per heavy atom. The van der Waals surface area contributed by atoms with Crippen LogP contribution in [0.4, 0.5) is 0 Å². The average molecular weight is 282 g/mol. The van der Waals surface area contributed by atoms with Crippen molar-refractivity contribution in [3.63, 3.8) is 0 Å². The molecule has 0 bridgehead atoms. The van der Waals surface area contributed by atoms with Gasteiger partial charge in [0.1, 0.15) is 0 Å². The van der Waals surface area contributed by atoms with Crippen LogP contribution in [0.25, 0.3) is 0 Å². The van der Waals surface area contributed by atoms with Gasteiger partial charge in [0.25, 0.3) is 0 Å². The molecule has 19 heavy (non-hydrogen) atoms. The van der Waals surface area contributed by atoms with Crippen LogP contribution < -0.4 is 0 Å². The summed E-state index contributed by atoms with van der Waals surface area (Å²) in [5, 5.41) is 10.0. The van der Waals surface area contributed by atoms with Crippen LogP contribution in [0.2, 0.25) is 0 Å². The first-order chi connectivity index (χ1) is 8.92. The number of benzene rings is 1. The van der Waals surface area contributed by atoms with Crippen LogP contribution in [-0.2, 0) is 16.3 Å². The number of sulfone groups is 1. The van der Waals surface area contributed by atoms with Gasteiger partial charge in [-0.1, -0.05) is 24.3 Å². The van der Waals surface area contributed by atoms with Gasteiger partial charge in [-0.15, -0.1) is 0 Å². The van der Waals surface area contributed by atoms with Crippen molar-refractivity contribution in [1.82, 2.24) is 0 Å². The van der Waals surface area contributed by atoms with Crippen molar-refractivity contribution in [2.75, 3.05) is 5.75 Å². The highest BCUT2D eigenvalue weighted by Crippen LogP contribution is 2.36. The molecule has 1 aromatic carbocycles. The van der Waals surface area contributed by atoms with Crippen LogP contribution in [0.5, 0.6) is 0 Å². The summed E-state index contributed by atoms with van der Waals surface area (Å²) >= 11 is 0. The first-order valence-electron chi connectivity index (χ1n) is 6.89. The molecule has 0 amide bonds. The van der Waals surface area contributed by atoms with E-state index in [0.717, 1.165) is 18.4 Å². The van der Waals surface area contributed by atoms with Crippen molar-refractivity contribution in [3.05, 3.63) is 35.4 Å². The van der Waals surface area contributed by atoms with E-state index in [1.165, 1.54) is 5.56 Å². The lowest BCUT2D eigenvalue weighted by atomic mass is 9.80. The average Bonchev–Trinajstić information content (AvgIpc) is 2.38. The number of aliphatic hydroxyl groups is 1. The molecular weight excluding hydrogens is 260 g/mol. The second-order valence-electron chi connectivity index (χ2n) is 5.65. The van der Waals surface area contributed by atoms with Crippen LogP contribution in [0, 0.1) is 5.92 Å². The molecule has 1 N–H and O–H groups in total. The molecule has 1 aromatic rings. The maximum absolute atomic E-state index is 11.8. The molecule has 2 rings (SSSR count). The predicted octanol–water partition coefficient (Wildman–Crippen LogP) is 2.50. The minimum atomic E-state index is -3.01. The molecule has 106 valence electrons. The third-order valence-electron chi connectivity index (χ3n) is 4.10. The summed E-state index contributed by atoms with van der Waals surface area (Å²) in [5.74, 6) is 0.234. The number of hydrogen-bond donors (Lipinski definition) is 1. The van der Waals surface area contributed by atoms with Crippen molar-refractivity contribution in [2.24, 2.45) is 5.92 Å². The summed E-state index contributed by atoms with van der Waals surface area (Å²) in [6.07, 6.45) is 1.83. The molecular formula is C15H22O3S. The summed E-state index contributed by atoms with van der Waals surface area (Å²) in [7, 11) is -3.01. The van der Waals surface area contributed by atoms with Crippen molar-refractivity contribution >= 4 is 9.84 Å². The lowest BCUT2D eigenvalue weighted by molar-refractivity contribution is 0.0918. The molecule has 3 nitrogen and oxygen atoms in total. The quantitative estimate of drug-likeness (QED) is 0.923. The zero-order chi connectivity index (χ0) is 14.0. The van der Waals surface area contributed by atoms with E-state index in [1.807, 2.05) is 24.3 Å². The molecule has 0 aliphatic heterocycles. The van der Waals surface area contributed by atoms with E-state index >= 15 is 0 Å². The summed E-state index contributed by atoms with van der Waals surface area (Å²) in [6, 6.07) is 7.90. The third kappa shape index (κ3) is 3.18. The summed E-state index contributed by atoms with van der Waals surface area (Å²) in [4.78, 5) is 0. The molecule has 0 fully saturated rings. The molecule has 1 aliphatic carbocycles. The molecule has 2 atom stereocenters. The number of rotatable bonds is 4. The molecule has 0 spiro atoms. The summed E-state index contributed by atoms with van der Waals surface area (Å²) in [5.41, 5.74) is 2.17. The van der Waals surface area contributed by atoms with Gasteiger partial charge in [0, 0.05) is 0 Å². The van der Waals surface area contributed by atoms with Crippen molar-refractivity contribution in [1.29, 1.82) is 0 Å². The smallest absolute Gasteiger partial charge is 0.152 e. The fourth-order valence-electron chi connectivity index (χ4n) is 2.66. The summed E-state index contributed by atoms with van der Waals surface area (Å²) in [6.45, 7) is 3.42. The van der Waals surface area contributed by atoms with Crippen LogP contribution in [-0.4, -0.2) is 24.5 Å². The zero-order valence-corrected chi connectivity index (χ0v) is 12.4. The van der Waals surface area contributed by atoms with Gasteiger partial charge in [-0.3, -0.25) is 0 Å². The van der Waals surface area contributed by atoms with Crippen molar-refractivity contribution in [2.45, 2.75) is 44.5 Å². The minimum absolute atomic E-state index is 0.0587. The van der Waals surface area contributed by atoms with Gasteiger partial charge in [0.2, 0.25) is 0 Å². The topological polar surface area (TPSA) is 54.4 Å². The van der Waals surface area contributed by atoms with E-state index in [9.17, 15) is 13.5 Å². The molecule has 0 heterocycles. The lowest BCUT2D eigenvalue weighted by Crippen LogP contribution is -2.25. The number of fused-ring (bicyclic) bond motifs is 1. The largest absolute Gasteiger partial charge is 0.388 e. The first-order valence-corrected chi connectivity index (χ1v) is 8.61. The van der Waals surface area contributed by atoms with E-state index in [4.69, 9.17) is 0 Å². The van der Waals surface area contributed by atoms with Gasteiger partial charge < -0.3 is 5.11 Å². The molecule has 0 saturated heterocycles. The van der Waals surface area contributed by atoms with Crippen LogP contribution in [0.3, 0.4) is 0 Å². The van der Waals surface area contributed by atoms with E-state index < -0.39 is 15.9 Å². The van der Waals surface area contributed by atoms with Crippen LogP contribution >= 0.6 is 0 Å². The Morgan fingerprint density at radius 1 is 1.32 bits per heavy atom. The third-order valence-corrected chi connectivity index (χ3v) is 6.34. The standard InChI is InChI=1S/C15H22O3S/c1-11(2)19(17,18)10-9-13-8-7-12-5-3-4-6-14(12)15(13)16/h3-6,11,13,15-16H,7-10H2,1-2H3. The van der Waals surface area contributed by atoms with Crippen LogP contribution in [0.15, 0.2) is 24.3 Å². The SMILES string of the molecule is CC(C)S(=O)(=O)CCC1CCc2ccccc2C1O. The fourth-order valence-corrected chi connectivity index (χ4v) is 3.76. The predicted molar refractivity (Wildman–Crippen MR) is 76.8 cm³/mol. The Morgan fingerprint density at radius 3 is 2.68 bits per heavy atom. The second-order valence-corrected chi connectivity index (χ2v) is 8.32. The van der Waals surface area contributed by atoms with Crippen molar-refractivity contribution < 1.29 is 13.5 Å². The molecule has 2 unspecified atom stereocenters. The Labute approximate surface area is 115 Å². The van der Waals surface area contributed by atoms with Gasteiger partial charge in [0.15, 0.2) is 9.84 Å². The van der Waals surface area contributed by atoms with Gasteiger partial charge in [-0.2, -0.15) is 0 Å². The Bertz CT molecular complexity index is 534. The number of aryl methyl sites for hydroxylation is 1. The fraction of sp³-hybridized carbons (Fsp3) is 0.600. The molecule has 0 saturated carbocycles. The second kappa shape index (κ2) is 5.63. The highest BCUT2D eigenvalue weighted by Gasteiger charge is 2.29. The van der Waals surface area contributed by atoms with Crippen LogP contribution in [0.1, 0.15) is 43.9 Å². The zero-order valence-electron chi connectivity index (χ0n) is 11.5. The Hall–Kier alpha value is -0.870. The van der Waals surface area contributed by atoms with E-state index in [-0.39, 0.29) is 16.9 Å². The highest BCUT2D eigenvalue weighted by atomic mass is 32.2. The maximum Gasteiger partial charge on any atom is 0.152 e.